The fourth-order valence-corrected chi connectivity index (χ4v) is 2.76. The second kappa shape index (κ2) is 9.57. The third-order valence-electron chi connectivity index (χ3n) is 3.96. The van der Waals surface area contributed by atoms with Crippen LogP contribution in [0.1, 0.15) is 5.56 Å². The van der Waals surface area contributed by atoms with Gasteiger partial charge in [0.15, 0.2) is 0 Å². The normalized spacial score (nSPS) is 11.0. The van der Waals surface area contributed by atoms with Crippen molar-refractivity contribution in [2.24, 2.45) is 0 Å². The fourth-order valence-electron chi connectivity index (χ4n) is 2.58. The van der Waals surface area contributed by atoms with Crippen molar-refractivity contribution in [3.8, 4) is 17.2 Å². The number of rotatable bonds is 9. The summed E-state index contributed by atoms with van der Waals surface area (Å²) in [5.74, 6) is 1.83. The highest BCUT2D eigenvalue weighted by Crippen LogP contribution is 2.35. The average Bonchev–Trinajstić information content (AvgIpc) is 2.69. The second-order valence-electron chi connectivity index (χ2n) is 5.84. The Morgan fingerprint density at radius 2 is 1.89 bits per heavy atom. The number of pyridine rings is 1. The minimum absolute atomic E-state index is 0.205. The molecule has 0 radical (unpaired) electrons. The van der Waals surface area contributed by atoms with E-state index in [-0.39, 0.29) is 6.61 Å². The van der Waals surface area contributed by atoms with E-state index in [1.165, 1.54) is 7.11 Å². The van der Waals surface area contributed by atoms with Gasteiger partial charge in [0.1, 0.15) is 30.5 Å². The molecule has 0 atom stereocenters. The van der Waals surface area contributed by atoms with Crippen LogP contribution < -0.4 is 15.2 Å². The molecule has 0 aliphatic rings. The van der Waals surface area contributed by atoms with Gasteiger partial charge >= 0.3 is 0 Å². The third kappa shape index (κ3) is 4.82. The number of aromatic nitrogens is 1. The minimum atomic E-state index is 0.205. The molecule has 0 aliphatic carbocycles. The van der Waals surface area contributed by atoms with Gasteiger partial charge < -0.3 is 19.9 Å². The topological polar surface area (TPSA) is 85.1 Å². The fraction of sp³-hybridized carbons (Fsp3) is 0.250. The molecule has 3 rings (SSSR count). The average molecular weight is 405 g/mol. The van der Waals surface area contributed by atoms with Gasteiger partial charge in [-0.2, -0.15) is 0 Å². The van der Waals surface area contributed by atoms with Crippen molar-refractivity contribution in [3.05, 3.63) is 53.2 Å². The maximum absolute atomic E-state index is 6.09. The predicted molar refractivity (Wildman–Crippen MR) is 107 cm³/mol. The monoisotopic (exact) mass is 404 g/mol. The van der Waals surface area contributed by atoms with Crippen LogP contribution in [0.4, 0.5) is 5.69 Å². The first kappa shape index (κ1) is 20.2. The number of benzene rings is 2. The van der Waals surface area contributed by atoms with Gasteiger partial charge in [0.05, 0.1) is 29.9 Å². The van der Waals surface area contributed by atoms with E-state index in [2.05, 4.69) is 4.98 Å². The van der Waals surface area contributed by atoms with E-state index in [9.17, 15) is 0 Å². The molecule has 2 N–H and O–H groups in total. The summed E-state index contributed by atoms with van der Waals surface area (Å²) >= 11 is 6.09. The van der Waals surface area contributed by atoms with Crippen LogP contribution in [0.5, 0.6) is 17.2 Å². The van der Waals surface area contributed by atoms with E-state index in [4.69, 9.17) is 41.3 Å². The van der Waals surface area contributed by atoms with E-state index in [1.54, 1.807) is 37.6 Å². The molecular formula is C20H21ClN2O5. The zero-order chi connectivity index (χ0) is 19.9. The number of hydrogen-bond donors (Lipinski definition) is 1. The summed E-state index contributed by atoms with van der Waals surface area (Å²) in [6.07, 6.45) is 1.67. The molecule has 28 heavy (non-hydrogen) atoms. The van der Waals surface area contributed by atoms with E-state index in [0.29, 0.717) is 46.7 Å². The number of nitrogens with zero attached hydrogens (tertiary/aromatic N) is 1. The number of anilines is 1. The third-order valence-corrected chi connectivity index (χ3v) is 4.29. The van der Waals surface area contributed by atoms with Crippen LogP contribution in [0.15, 0.2) is 42.6 Å². The number of fused-ring (bicyclic) bond motifs is 1. The molecule has 0 fully saturated rings. The first-order valence-electron chi connectivity index (χ1n) is 8.54. The standard InChI is InChI=1S/C20H21ClN2O5/c1-24-7-8-26-20-11-18-15(9-13(20)12-27-25-2)19(5-6-23-18)28-14-3-4-17(22)16(21)10-14/h3-6,9-11H,7-8,12,22H2,1-2H3. The van der Waals surface area contributed by atoms with Gasteiger partial charge in [-0.25, -0.2) is 9.78 Å². The molecule has 0 aliphatic heterocycles. The molecule has 1 heterocycles. The number of methoxy groups -OCH3 is 1. The Morgan fingerprint density at radius 1 is 1.04 bits per heavy atom. The van der Waals surface area contributed by atoms with Crippen molar-refractivity contribution in [1.29, 1.82) is 0 Å². The zero-order valence-corrected chi connectivity index (χ0v) is 16.4. The smallest absolute Gasteiger partial charge is 0.138 e. The number of halogens is 1. The minimum Gasteiger partial charge on any atom is -0.491 e. The largest absolute Gasteiger partial charge is 0.491 e. The number of hydrogen-bond acceptors (Lipinski definition) is 7. The van der Waals surface area contributed by atoms with Crippen LogP contribution in [0.3, 0.4) is 0 Å². The lowest BCUT2D eigenvalue weighted by Crippen LogP contribution is -2.07. The van der Waals surface area contributed by atoms with Crippen LogP contribution in [0, 0.1) is 0 Å². The van der Waals surface area contributed by atoms with Crippen LogP contribution in [0.25, 0.3) is 10.9 Å². The summed E-state index contributed by atoms with van der Waals surface area (Å²) in [4.78, 5) is 14.2. The highest BCUT2D eigenvalue weighted by Gasteiger charge is 2.13. The lowest BCUT2D eigenvalue weighted by Gasteiger charge is -2.14. The van der Waals surface area contributed by atoms with Crippen LogP contribution >= 0.6 is 11.6 Å². The maximum Gasteiger partial charge on any atom is 0.138 e. The molecule has 2 aromatic carbocycles. The summed E-state index contributed by atoms with van der Waals surface area (Å²) in [5.41, 5.74) is 7.76. The van der Waals surface area contributed by atoms with Crippen molar-refractivity contribution in [1.82, 2.24) is 4.98 Å². The summed E-state index contributed by atoms with van der Waals surface area (Å²) in [6.45, 7) is 1.08. The molecule has 0 amide bonds. The highest BCUT2D eigenvalue weighted by atomic mass is 35.5. The molecule has 0 unspecified atom stereocenters. The van der Waals surface area contributed by atoms with Crippen molar-refractivity contribution >= 4 is 28.2 Å². The van der Waals surface area contributed by atoms with Gasteiger partial charge in [0, 0.05) is 36.4 Å². The van der Waals surface area contributed by atoms with Gasteiger partial charge in [-0.15, -0.1) is 0 Å². The van der Waals surface area contributed by atoms with Gasteiger partial charge in [-0.1, -0.05) is 11.6 Å². The summed E-state index contributed by atoms with van der Waals surface area (Å²) < 4.78 is 16.8. The Hall–Kier alpha value is -2.58. The van der Waals surface area contributed by atoms with Crippen molar-refractivity contribution in [2.75, 3.05) is 33.2 Å². The molecule has 0 spiro atoms. The molecule has 7 nitrogen and oxygen atoms in total. The quantitative estimate of drug-likeness (QED) is 0.245. The molecule has 0 saturated heterocycles. The molecule has 0 bridgehead atoms. The molecule has 3 aromatic rings. The number of ether oxygens (including phenoxy) is 3. The zero-order valence-electron chi connectivity index (χ0n) is 15.6. The van der Waals surface area contributed by atoms with Crippen LogP contribution in [-0.4, -0.2) is 32.4 Å². The molecule has 0 saturated carbocycles. The van der Waals surface area contributed by atoms with Gasteiger partial charge in [-0.3, -0.25) is 4.98 Å². The van der Waals surface area contributed by atoms with Crippen molar-refractivity contribution in [3.63, 3.8) is 0 Å². The Morgan fingerprint density at radius 3 is 2.64 bits per heavy atom. The lowest BCUT2D eigenvalue weighted by molar-refractivity contribution is -0.282. The maximum atomic E-state index is 6.09. The summed E-state index contributed by atoms with van der Waals surface area (Å²) in [6, 6.07) is 10.6. The molecule has 8 heteroatoms. The second-order valence-corrected chi connectivity index (χ2v) is 6.25. The Balaban J connectivity index is 1.97. The Bertz CT molecular complexity index is 951. The van der Waals surface area contributed by atoms with E-state index in [1.807, 2.05) is 12.1 Å². The van der Waals surface area contributed by atoms with E-state index < -0.39 is 0 Å². The molecule has 148 valence electrons. The van der Waals surface area contributed by atoms with Crippen LogP contribution in [-0.2, 0) is 21.1 Å². The van der Waals surface area contributed by atoms with Gasteiger partial charge in [0.25, 0.3) is 0 Å². The van der Waals surface area contributed by atoms with Crippen molar-refractivity contribution in [2.45, 2.75) is 6.61 Å². The summed E-state index contributed by atoms with van der Waals surface area (Å²) in [5, 5.41) is 1.23. The number of nitrogens with two attached hydrogens (primary N) is 1. The first-order valence-corrected chi connectivity index (χ1v) is 8.92. The SMILES string of the molecule is COCCOc1cc2nccc(Oc3ccc(N)c(Cl)c3)c2cc1COOC. The van der Waals surface area contributed by atoms with E-state index >= 15 is 0 Å². The molecule has 1 aromatic heterocycles. The number of nitrogen functional groups attached to an aromatic ring is 1. The predicted octanol–water partition coefficient (Wildman–Crippen LogP) is 4.37. The highest BCUT2D eigenvalue weighted by molar-refractivity contribution is 6.33. The first-order chi connectivity index (χ1) is 13.6. The molecular weight excluding hydrogens is 384 g/mol. The van der Waals surface area contributed by atoms with Gasteiger partial charge in [-0.05, 0) is 24.3 Å². The Kier molecular flexibility index (Phi) is 6.89. The van der Waals surface area contributed by atoms with Gasteiger partial charge in [0.2, 0.25) is 0 Å². The van der Waals surface area contributed by atoms with Crippen LogP contribution in [0.2, 0.25) is 5.02 Å². The summed E-state index contributed by atoms with van der Waals surface area (Å²) in [7, 11) is 3.07. The Labute approximate surface area is 167 Å². The van der Waals surface area contributed by atoms with Crippen molar-refractivity contribution < 1.29 is 24.0 Å². The lowest BCUT2D eigenvalue weighted by atomic mass is 10.1. The van der Waals surface area contributed by atoms with E-state index in [0.717, 1.165) is 10.9 Å².